The van der Waals surface area contributed by atoms with Gasteiger partial charge >= 0.3 is 11.8 Å². The highest BCUT2D eigenvalue weighted by atomic mass is 32.2. The molecular formula is C24H25N3O4S2. The molecule has 0 saturated heterocycles. The van der Waals surface area contributed by atoms with E-state index < -0.39 is 21.8 Å². The molecule has 172 valence electrons. The number of fused-ring (bicyclic) bond motifs is 1. The Labute approximate surface area is 197 Å². The highest BCUT2D eigenvalue weighted by Crippen LogP contribution is 2.35. The highest BCUT2D eigenvalue weighted by molar-refractivity contribution is 7.94. The SMILES string of the molecule is Cc1cc(C)c(NC(=O)C(=O)Nc2ccc3c(c2)N(S(=O)(=O)c2cccs2)CCC3)c(C)c1. The second-order valence-corrected chi connectivity index (χ2v) is 11.2. The molecule has 7 nitrogen and oxygen atoms in total. The number of aryl methyl sites for hydroxylation is 4. The molecule has 0 atom stereocenters. The second-order valence-electron chi connectivity index (χ2n) is 8.14. The average Bonchev–Trinajstić information content (AvgIpc) is 3.31. The first kappa shape index (κ1) is 23.0. The van der Waals surface area contributed by atoms with Gasteiger partial charge in [0.05, 0.1) is 5.69 Å². The molecule has 0 bridgehead atoms. The smallest absolute Gasteiger partial charge is 0.314 e. The molecule has 1 aliphatic heterocycles. The van der Waals surface area contributed by atoms with E-state index in [9.17, 15) is 18.0 Å². The first-order valence-electron chi connectivity index (χ1n) is 10.6. The van der Waals surface area contributed by atoms with Crippen molar-refractivity contribution in [3.8, 4) is 0 Å². The van der Waals surface area contributed by atoms with Crippen molar-refractivity contribution in [3.63, 3.8) is 0 Å². The van der Waals surface area contributed by atoms with Crippen molar-refractivity contribution >= 4 is 50.2 Å². The van der Waals surface area contributed by atoms with Crippen molar-refractivity contribution in [1.82, 2.24) is 0 Å². The maximum absolute atomic E-state index is 13.1. The number of thiophene rings is 1. The predicted molar refractivity (Wildman–Crippen MR) is 132 cm³/mol. The maximum Gasteiger partial charge on any atom is 0.314 e. The topological polar surface area (TPSA) is 95.6 Å². The summed E-state index contributed by atoms with van der Waals surface area (Å²) in [5, 5.41) is 7.01. The number of carbonyl (C=O) groups is 2. The van der Waals surface area contributed by atoms with Gasteiger partial charge in [-0.2, -0.15) is 0 Å². The van der Waals surface area contributed by atoms with Crippen LogP contribution in [0.3, 0.4) is 0 Å². The van der Waals surface area contributed by atoms with Gasteiger partial charge in [0, 0.05) is 17.9 Å². The molecule has 3 aromatic rings. The van der Waals surface area contributed by atoms with Crippen LogP contribution in [-0.4, -0.2) is 26.8 Å². The van der Waals surface area contributed by atoms with Gasteiger partial charge in [0.2, 0.25) is 0 Å². The minimum Gasteiger partial charge on any atom is -0.318 e. The van der Waals surface area contributed by atoms with Gasteiger partial charge in [0.15, 0.2) is 0 Å². The fraction of sp³-hybridized carbons (Fsp3) is 0.250. The number of benzene rings is 2. The molecule has 0 aliphatic carbocycles. The molecule has 0 spiro atoms. The molecule has 2 heterocycles. The molecule has 2 aromatic carbocycles. The lowest BCUT2D eigenvalue weighted by atomic mass is 10.0. The van der Waals surface area contributed by atoms with Crippen LogP contribution in [0, 0.1) is 20.8 Å². The van der Waals surface area contributed by atoms with Crippen LogP contribution in [0.25, 0.3) is 0 Å². The Balaban J connectivity index is 1.55. The zero-order valence-corrected chi connectivity index (χ0v) is 20.3. The summed E-state index contributed by atoms with van der Waals surface area (Å²) in [6.07, 6.45) is 1.45. The van der Waals surface area contributed by atoms with E-state index in [2.05, 4.69) is 10.6 Å². The number of amides is 2. The molecule has 2 amide bonds. The average molecular weight is 484 g/mol. The fourth-order valence-electron chi connectivity index (χ4n) is 4.12. The molecular weight excluding hydrogens is 458 g/mol. The van der Waals surface area contributed by atoms with Crippen LogP contribution in [0.4, 0.5) is 17.1 Å². The molecule has 0 saturated carbocycles. The van der Waals surface area contributed by atoms with Crippen LogP contribution < -0.4 is 14.9 Å². The van der Waals surface area contributed by atoms with Crippen LogP contribution in [0.15, 0.2) is 52.1 Å². The Hall–Kier alpha value is -3.17. The summed E-state index contributed by atoms with van der Waals surface area (Å²) in [5.74, 6) is -1.61. The normalized spacial score (nSPS) is 13.4. The van der Waals surface area contributed by atoms with Crippen LogP contribution in [0.2, 0.25) is 0 Å². The number of carbonyl (C=O) groups excluding carboxylic acids is 2. The Bertz CT molecular complexity index is 1310. The number of hydrogen-bond donors (Lipinski definition) is 2. The minimum absolute atomic E-state index is 0.271. The fourth-order valence-corrected chi connectivity index (χ4v) is 6.76. The van der Waals surface area contributed by atoms with E-state index in [4.69, 9.17) is 0 Å². The molecule has 1 aliphatic rings. The van der Waals surface area contributed by atoms with Crippen molar-refractivity contribution in [2.75, 3.05) is 21.5 Å². The van der Waals surface area contributed by atoms with Gasteiger partial charge in [-0.25, -0.2) is 8.42 Å². The number of hydrogen-bond acceptors (Lipinski definition) is 5. The zero-order valence-electron chi connectivity index (χ0n) is 18.6. The van der Waals surface area contributed by atoms with Crippen molar-refractivity contribution < 1.29 is 18.0 Å². The number of nitrogens with zero attached hydrogens (tertiary/aromatic N) is 1. The first-order chi connectivity index (χ1) is 15.7. The summed E-state index contributed by atoms with van der Waals surface area (Å²) in [7, 11) is -3.69. The molecule has 2 N–H and O–H groups in total. The van der Waals surface area contributed by atoms with Crippen molar-refractivity contribution in [1.29, 1.82) is 0 Å². The number of anilines is 3. The third-order valence-corrected chi connectivity index (χ3v) is 8.77. The van der Waals surface area contributed by atoms with E-state index in [-0.39, 0.29) is 4.21 Å². The molecule has 1 aromatic heterocycles. The lowest BCUT2D eigenvalue weighted by Gasteiger charge is -2.30. The third-order valence-electron chi connectivity index (χ3n) is 5.58. The van der Waals surface area contributed by atoms with Crippen molar-refractivity contribution in [2.45, 2.75) is 37.8 Å². The van der Waals surface area contributed by atoms with Gasteiger partial charge in [-0.05, 0) is 73.9 Å². The van der Waals surface area contributed by atoms with Gasteiger partial charge < -0.3 is 10.6 Å². The van der Waals surface area contributed by atoms with Crippen LogP contribution in [0.1, 0.15) is 28.7 Å². The van der Waals surface area contributed by atoms with E-state index in [0.717, 1.165) is 28.7 Å². The van der Waals surface area contributed by atoms with Crippen LogP contribution in [-0.2, 0) is 26.0 Å². The molecule has 0 radical (unpaired) electrons. The van der Waals surface area contributed by atoms with Gasteiger partial charge in [-0.3, -0.25) is 13.9 Å². The summed E-state index contributed by atoms with van der Waals surface area (Å²) in [6, 6.07) is 12.3. The van der Waals surface area contributed by atoms with Crippen molar-refractivity contribution in [2.24, 2.45) is 0 Å². The zero-order chi connectivity index (χ0) is 23.8. The van der Waals surface area contributed by atoms with E-state index in [0.29, 0.717) is 30.0 Å². The minimum atomic E-state index is -3.69. The van der Waals surface area contributed by atoms with E-state index in [1.165, 1.54) is 15.6 Å². The molecule has 4 rings (SSSR count). The summed E-state index contributed by atoms with van der Waals surface area (Å²) < 4.78 is 27.9. The van der Waals surface area contributed by atoms with Gasteiger partial charge in [-0.1, -0.05) is 29.8 Å². The third kappa shape index (κ3) is 4.65. The number of nitrogens with one attached hydrogen (secondary N) is 2. The van der Waals surface area contributed by atoms with Gasteiger partial charge in [0.1, 0.15) is 4.21 Å². The largest absolute Gasteiger partial charge is 0.318 e. The molecule has 0 unspecified atom stereocenters. The lowest BCUT2D eigenvalue weighted by molar-refractivity contribution is -0.133. The summed E-state index contributed by atoms with van der Waals surface area (Å²) in [5.41, 5.74) is 5.20. The standard InChI is InChI=1S/C24H25N3O4S2/c1-15-12-16(2)22(17(3)13-15)26-24(29)23(28)25-19-9-8-18-6-4-10-27(20(18)14-19)33(30,31)21-7-5-11-32-21/h5,7-9,11-14H,4,6,10H2,1-3H3,(H,25,28)(H,26,29). The Morgan fingerprint density at radius 2 is 1.67 bits per heavy atom. The predicted octanol–water partition coefficient (Wildman–Crippen LogP) is 4.39. The molecule has 9 heteroatoms. The van der Waals surface area contributed by atoms with Gasteiger partial charge in [-0.15, -0.1) is 11.3 Å². The first-order valence-corrected chi connectivity index (χ1v) is 12.9. The Morgan fingerprint density at radius 3 is 2.33 bits per heavy atom. The summed E-state index contributed by atoms with van der Waals surface area (Å²) in [4.78, 5) is 25.1. The monoisotopic (exact) mass is 483 g/mol. The van der Waals surface area contributed by atoms with Crippen molar-refractivity contribution in [3.05, 3.63) is 70.1 Å². The van der Waals surface area contributed by atoms with Crippen LogP contribution >= 0.6 is 11.3 Å². The second kappa shape index (κ2) is 8.99. The Kier molecular flexibility index (Phi) is 6.27. The quantitative estimate of drug-likeness (QED) is 0.538. The maximum atomic E-state index is 13.1. The lowest BCUT2D eigenvalue weighted by Crippen LogP contribution is -2.35. The van der Waals surface area contributed by atoms with E-state index in [1.54, 1.807) is 35.7 Å². The Morgan fingerprint density at radius 1 is 0.970 bits per heavy atom. The van der Waals surface area contributed by atoms with E-state index >= 15 is 0 Å². The summed E-state index contributed by atoms with van der Waals surface area (Å²) >= 11 is 1.17. The van der Waals surface area contributed by atoms with Gasteiger partial charge in [0.25, 0.3) is 10.0 Å². The molecule has 33 heavy (non-hydrogen) atoms. The highest BCUT2D eigenvalue weighted by Gasteiger charge is 2.30. The van der Waals surface area contributed by atoms with Crippen LogP contribution in [0.5, 0.6) is 0 Å². The van der Waals surface area contributed by atoms with E-state index in [1.807, 2.05) is 32.9 Å². The number of sulfonamides is 1. The number of rotatable bonds is 4. The molecule has 0 fully saturated rings. The summed E-state index contributed by atoms with van der Waals surface area (Å²) in [6.45, 7) is 6.08.